The van der Waals surface area contributed by atoms with Gasteiger partial charge in [-0.05, 0) is 54.4 Å². The van der Waals surface area contributed by atoms with Gasteiger partial charge in [-0.15, -0.1) is 0 Å². The summed E-state index contributed by atoms with van der Waals surface area (Å²) in [7, 11) is 3.21. The molecule has 0 radical (unpaired) electrons. The van der Waals surface area contributed by atoms with Crippen molar-refractivity contribution in [1.82, 2.24) is 4.90 Å². The second-order valence-corrected chi connectivity index (χ2v) is 7.74. The smallest absolute Gasteiger partial charge is 0.227 e. The summed E-state index contributed by atoms with van der Waals surface area (Å²) < 4.78 is 10.6. The Hall–Kier alpha value is -3.05. The normalized spacial score (nSPS) is 15.1. The van der Waals surface area contributed by atoms with Crippen molar-refractivity contribution >= 4 is 22.4 Å². The van der Waals surface area contributed by atoms with Gasteiger partial charge in [-0.2, -0.15) is 0 Å². The molecule has 1 fully saturated rings. The standard InChI is InChI=1S/C25H28N2O3/c1-29-21-10-11-24(30-2)23(16-21)26-25(28)19-12-14-27(15-13-19)17-20-8-5-7-18-6-3-4-9-22(18)20/h3-11,16,19H,12-15,17H2,1-2H3,(H,26,28). The summed E-state index contributed by atoms with van der Waals surface area (Å²) in [6.45, 7) is 2.74. The van der Waals surface area contributed by atoms with Gasteiger partial charge in [0.2, 0.25) is 5.91 Å². The highest BCUT2D eigenvalue weighted by Gasteiger charge is 2.26. The topological polar surface area (TPSA) is 50.8 Å². The minimum absolute atomic E-state index is 0.00433. The van der Waals surface area contributed by atoms with Gasteiger partial charge in [0.15, 0.2) is 0 Å². The third-order valence-electron chi connectivity index (χ3n) is 5.90. The lowest BCUT2D eigenvalue weighted by Gasteiger charge is -2.31. The number of anilines is 1. The SMILES string of the molecule is COc1ccc(OC)c(NC(=O)C2CCN(Cc3cccc4ccccc34)CC2)c1. The summed E-state index contributed by atoms with van der Waals surface area (Å²) in [5, 5.41) is 5.62. The molecule has 5 heteroatoms. The van der Waals surface area contributed by atoms with Crippen molar-refractivity contribution in [2.75, 3.05) is 32.6 Å². The molecule has 30 heavy (non-hydrogen) atoms. The van der Waals surface area contributed by atoms with Gasteiger partial charge >= 0.3 is 0 Å². The number of carbonyl (C=O) groups excluding carboxylic acids is 1. The zero-order chi connectivity index (χ0) is 20.9. The first-order valence-corrected chi connectivity index (χ1v) is 10.4. The Balaban J connectivity index is 1.37. The molecule has 3 aromatic carbocycles. The number of amides is 1. The molecule has 1 amide bonds. The zero-order valence-electron chi connectivity index (χ0n) is 17.6. The molecule has 0 aliphatic carbocycles. The van der Waals surface area contributed by atoms with E-state index in [-0.39, 0.29) is 11.8 Å². The van der Waals surface area contributed by atoms with Gasteiger partial charge in [0.25, 0.3) is 0 Å². The van der Waals surface area contributed by atoms with E-state index < -0.39 is 0 Å². The number of ether oxygens (including phenoxy) is 2. The van der Waals surface area contributed by atoms with Crippen LogP contribution in [0.5, 0.6) is 11.5 Å². The van der Waals surface area contributed by atoms with Crippen LogP contribution < -0.4 is 14.8 Å². The first-order chi connectivity index (χ1) is 14.7. The molecule has 0 aromatic heterocycles. The maximum absolute atomic E-state index is 12.8. The van der Waals surface area contributed by atoms with Crippen LogP contribution in [0.1, 0.15) is 18.4 Å². The van der Waals surface area contributed by atoms with Gasteiger partial charge in [0.1, 0.15) is 11.5 Å². The Morgan fingerprint density at radius 2 is 1.77 bits per heavy atom. The number of benzene rings is 3. The lowest BCUT2D eigenvalue weighted by molar-refractivity contribution is -0.121. The van der Waals surface area contributed by atoms with E-state index in [1.54, 1.807) is 26.4 Å². The van der Waals surface area contributed by atoms with E-state index >= 15 is 0 Å². The average Bonchev–Trinajstić information content (AvgIpc) is 2.79. The van der Waals surface area contributed by atoms with Gasteiger partial charge in [-0.1, -0.05) is 42.5 Å². The number of fused-ring (bicyclic) bond motifs is 1. The van der Waals surface area contributed by atoms with Crippen LogP contribution in [0, 0.1) is 5.92 Å². The van der Waals surface area contributed by atoms with Crippen LogP contribution in [0.2, 0.25) is 0 Å². The fourth-order valence-electron chi connectivity index (χ4n) is 4.17. The zero-order valence-corrected chi connectivity index (χ0v) is 17.6. The number of piperidine rings is 1. The molecule has 0 bridgehead atoms. The highest BCUT2D eigenvalue weighted by molar-refractivity contribution is 5.94. The molecular formula is C25H28N2O3. The summed E-state index contributed by atoms with van der Waals surface area (Å²) in [6, 6.07) is 20.4. The van der Waals surface area contributed by atoms with Gasteiger partial charge in [0.05, 0.1) is 19.9 Å². The third kappa shape index (κ3) is 4.41. The fourth-order valence-corrected chi connectivity index (χ4v) is 4.17. The van der Waals surface area contributed by atoms with Crippen LogP contribution >= 0.6 is 0 Å². The van der Waals surface area contributed by atoms with Crippen LogP contribution in [0.4, 0.5) is 5.69 Å². The van der Waals surface area contributed by atoms with Crippen molar-refractivity contribution in [1.29, 1.82) is 0 Å². The second kappa shape index (κ2) is 9.18. The van der Waals surface area contributed by atoms with Crippen molar-refractivity contribution in [3.8, 4) is 11.5 Å². The van der Waals surface area contributed by atoms with E-state index in [2.05, 4.69) is 52.7 Å². The first kappa shape index (κ1) is 20.2. The average molecular weight is 405 g/mol. The Labute approximate surface area is 177 Å². The fraction of sp³-hybridized carbons (Fsp3) is 0.320. The van der Waals surface area contributed by atoms with Crippen molar-refractivity contribution in [3.63, 3.8) is 0 Å². The molecule has 0 atom stereocenters. The molecule has 1 saturated heterocycles. The summed E-state index contributed by atoms with van der Waals surface area (Å²) in [5.74, 6) is 1.38. The highest BCUT2D eigenvalue weighted by Crippen LogP contribution is 2.30. The van der Waals surface area contributed by atoms with Crippen LogP contribution in [-0.2, 0) is 11.3 Å². The number of nitrogens with zero attached hydrogens (tertiary/aromatic N) is 1. The van der Waals surface area contributed by atoms with Crippen LogP contribution in [0.25, 0.3) is 10.8 Å². The summed E-state index contributed by atoms with van der Waals surface area (Å²) >= 11 is 0. The molecule has 4 rings (SSSR count). The lowest BCUT2D eigenvalue weighted by atomic mass is 9.95. The number of hydrogen-bond donors (Lipinski definition) is 1. The Morgan fingerprint density at radius 1 is 1.00 bits per heavy atom. The molecule has 1 aliphatic heterocycles. The molecule has 1 aliphatic rings. The minimum atomic E-state index is 0.00433. The quantitative estimate of drug-likeness (QED) is 0.647. The number of rotatable bonds is 6. The number of carbonyl (C=O) groups is 1. The summed E-state index contributed by atoms with van der Waals surface area (Å²) in [4.78, 5) is 15.3. The molecule has 156 valence electrons. The predicted octanol–water partition coefficient (Wildman–Crippen LogP) is 4.71. The van der Waals surface area contributed by atoms with E-state index in [1.165, 1.54) is 16.3 Å². The summed E-state index contributed by atoms with van der Waals surface area (Å²) in [5.41, 5.74) is 2.00. The van der Waals surface area contributed by atoms with E-state index in [0.29, 0.717) is 17.2 Å². The Morgan fingerprint density at radius 3 is 2.53 bits per heavy atom. The van der Waals surface area contributed by atoms with E-state index in [1.807, 2.05) is 6.07 Å². The molecule has 0 saturated carbocycles. The molecule has 3 aromatic rings. The number of methoxy groups -OCH3 is 2. The molecule has 5 nitrogen and oxygen atoms in total. The Kier molecular flexibility index (Phi) is 6.19. The van der Waals surface area contributed by atoms with Crippen molar-refractivity contribution in [2.45, 2.75) is 19.4 Å². The van der Waals surface area contributed by atoms with Crippen LogP contribution in [0.3, 0.4) is 0 Å². The number of hydrogen-bond acceptors (Lipinski definition) is 4. The lowest BCUT2D eigenvalue weighted by Crippen LogP contribution is -2.37. The largest absolute Gasteiger partial charge is 0.497 e. The van der Waals surface area contributed by atoms with Crippen LogP contribution in [0.15, 0.2) is 60.7 Å². The van der Waals surface area contributed by atoms with Crippen molar-refractivity contribution < 1.29 is 14.3 Å². The van der Waals surface area contributed by atoms with Gasteiger partial charge in [-0.3, -0.25) is 9.69 Å². The number of nitrogens with one attached hydrogen (secondary N) is 1. The van der Waals surface area contributed by atoms with Crippen molar-refractivity contribution in [3.05, 3.63) is 66.2 Å². The second-order valence-electron chi connectivity index (χ2n) is 7.74. The monoisotopic (exact) mass is 404 g/mol. The predicted molar refractivity (Wildman–Crippen MR) is 120 cm³/mol. The van der Waals surface area contributed by atoms with Crippen LogP contribution in [-0.4, -0.2) is 38.1 Å². The maximum Gasteiger partial charge on any atom is 0.227 e. The van der Waals surface area contributed by atoms with E-state index in [4.69, 9.17) is 9.47 Å². The molecule has 1 heterocycles. The Bertz CT molecular complexity index is 1020. The number of likely N-dealkylation sites (tertiary alicyclic amines) is 1. The minimum Gasteiger partial charge on any atom is -0.497 e. The van der Waals surface area contributed by atoms with Crippen molar-refractivity contribution in [2.24, 2.45) is 5.92 Å². The van der Waals surface area contributed by atoms with Gasteiger partial charge in [0, 0.05) is 18.5 Å². The van der Waals surface area contributed by atoms with Gasteiger partial charge < -0.3 is 14.8 Å². The molecule has 0 spiro atoms. The maximum atomic E-state index is 12.8. The van der Waals surface area contributed by atoms with E-state index in [0.717, 1.165) is 32.5 Å². The van der Waals surface area contributed by atoms with Gasteiger partial charge in [-0.25, -0.2) is 0 Å². The molecular weight excluding hydrogens is 376 g/mol. The molecule has 1 N–H and O–H groups in total. The van der Waals surface area contributed by atoms with E-state index in [9.17, 15) is 4.79 Å². The summed E-state index contributed by atoms with van der Waals surface area (Å²) in [6.07, 6.45) is 1.70. The third-order valence-corrected chi connectivity index (χ3v) is 5.90. The first-order valence-electron chi connectivity index (χ1n) is 10.4. The molecule has 0 unspecified atom stereocenters. The highest BCUT2D eigenvalue weighted by atomic mass is 16.5.